The van der Waals surface area contributed by atoms with Crippen LogP contribution in [0.4, 0.5) is 0 Å². The van der Waals surface area contributed by atoms with Crippen LogP contribution in [-0.4, -0.2) is 14.2 Å². The standard InChI is InChI=1S/C23H28PSi/c1-25(2,3)20-19-24(21-13-7-4-8-14-21,22-15-9-5-10-16-22)23-17-11-6-12-18-23/h4-18H,19-20H2,1-3H3/q+1. The van der Waals surface area contributed by atoms with Crippen molar-refractivity contribution in [1.82, 2.24) is 0 Å². The second-order valence-corrected chi connectivity index (χ2v) is 17.1. The molecule has 0 bridgehead atoms. The van der Waals surface area contributed by atoms with Crippen LogP contribution >= 0.6 is 7.26 Å². The van der Waals surface area contributed by atoms with E-state index in [1.165, 1.54) is 28.1 Å². The van der Waals surface area contributed by atoms with Crippen LogP contribution in [0.15, 0.2) is 91.0 Å². The van der Waals surface area contributed by atoms with Crippen molar-refractivity contribution >= 4 is 31.2 Å². The highest BCUT2D eigenvalue weighted by Crippen LogP contribution is 2.56. The summed E-state index contributed by atoms with van der Waals surface area (Å²) in [4.78, 5) is 0. The van der Waals surface area contributed by atoms with E-state index >= 15 is 0 Å². The van der Waals surface area contributed by atoms with Gasteiger partial charge in [0.25, 0.3) is 0 Å². The molecule has 0 fully saturated rings. The minimum absolute atomic E-state index is 1.14. The normalized spacial score (nSPS) is 12.1. The third-order valence-corrected chi connectivity index (χ3v) is 11.4. The first-order valence-electron chi connectivity index (χ1n) is 9.07. The second kappa shape index (κ2) is 7.68. The Labute approximate surface area is 154 Å². The van der Waals surface area contributed by atoms with Gasteiger partial charge < -0.3 is 0 Å². The first kappa shape index (κ1) is 18.1. The third kappa shape index (κ3) is 4.11. The molecule has 128 valence electrons. The molecule has 3 aromatic rings. The number of hydrogen-bond donors (Lipinski definition) is 0. The van der Waals surface area contributed by atoms with Gasteiger partial charge in [-0.3, -0.25) is 0 Å². The van der Waals surface area contributed by atoms with E-state index in [0.717, 1.165) is 0 Å². The van der Waals surface area contributed by atoms with Crippen LogP contribution in [0.2, 0.25) is 25.7 Å². The van der Waals surface area contributed by atoms with Gasteiger partial charge in [0.2, 0.25) is 0 Å². The van der Waals surface area contributed by atoms with Gasteiger partial charge in [-0.15, -0.1) is 0 Å². The zero-order valence-electron chi connectivity index (χ0n) is 15.5. The number of hydrogen-bond acceptors (Lipinski definition) is 0. The van der Waals surface area contributed by atoms with Crippen LogP contribution in [0, 0.1) is 0 Å². The van der Waals surface area contributed by atoms with Crippen molar-refractivity contribution in [3.8, 4) is 0 Å². The summed E-state index contributed by atoms with van der Waals surface area (Å²) in [7, 11) is -2.75. The summed E-state index contributed by atoms with van der Waals surface area (Å²) >= 11 is 0. The van der Waals surface area contributed by atoms with Crippen LogP contribution in [0.3, 0.4) is 0 Å². The highest BCUT2D eigenvalue weighted by molar-refractivity contribution is 7.95. The minimum Gasteiger partial charge on any atom is -0.0694 e. The fourth-order valence-corrected chi connectivity index (χ4v) is 11.1. The quantitative estimate of drug-likeness (QED) is 0.411. The van der Waals surface area contributed by atoms with E-state index in [-0.39, 0.29) is 0 Å². The summed E-state index contributed by atoms with van der Waals surface area (Å²) in [5, 5.41) is 4.52. The molecule has 0 aromatic heterocycles. The van der Waals surface area contributed by atoms with E-state index in [1.54, 1.807) is 0 Å². The average molecular weight is 364 g/mol. The number of rotatable bonds is 6. The molecular weight excluding hydrogens is 335 g/mol. The summed E-state index contributed by atoms with van der Waals surface area (Å²) in [6.07, 6.45) is 1.26. The van der Waals surface area contributed by atoms with Crippen molar-refractivity contribution in [1.29, 1.82) is 0 Å². The van der Waals surface area contributed by atoms with Crippen molar-refractivity contribution in [3.63, 3.8) is 0 Å². The SMILES string of the molecule is C[Si](C)(C)CC[P+](c1ccccc1)(c1ccccc1)c1ccccc1. The molecule has 0 aliphatic carbocycles. The average Bonchev–Trinajstić information content (AvgIpc) is 2.64. The zero-order chi connectivity index (χ0) is 17.8. The molecule has 0 N–H and O–H groups in total. The van der Waals surface area contributed by atoms with Crippen molar-refractivity contribution in [2.75, 3.05) is 6.16 Å². The Bertz CT molecular complexity index is 680. The lowest BCUT2D eigenvalue weighted by Crippen LogP contribution is -2.35. The molecule has 0 aliphatic heterocycles. The molecule has 2 heteroatoms. The lowest BCUT2D eigenvalue weighted by atomic mass is 10.4. The molecule has 3 aromatic carbocycles. The molecule has 0 unspecified atom stereocenters. The van der Waals surface area contributed by atoms with Crippen LogP contribution in [0.1, 0.15) is 0 Å². The Morgan fingerprint density at radius 2 is 0.880 bits per heavy atom. The molecule has 0 atom stereocenters. The second-order valence-electron chi connectivity index (χ2n) is 7.85. The predicted octanol–water partition coefficient (Wildman–Crippen LogP) is 5.32. The van der Waals surface area contributed by atoms with Gasteiger partial charge in [-0.2, -0.15) is 0 Å². The van der Waals surface area contributed by atoms with Gasteiger partial charge in [-0.05, 0) is 42.4 Å². The fourth-order valence-electron chi connectivity index (χ4n) is 3.39. The highest BCUT2D eigenvalue weighted by atomic mass is 31.2. The fraction of sp³-hybridized carbons (Fsp3) is 0.217. The summed E-state index contributed by atoms with van der Waals surface area (Å²) < 4.78 is 0. The van der Waals surface area contributed by atoms with Crippen molar-refractivity contribution in [2.24, 2.45) is 0 Å². The summed E-state index contributed by atoms with van der Waals surface area (Å²) in [5.74, 6) is 0. The Morgan fingerprint density at radius 1 is 0.560 bits per heavy atom. The lowest BCUT2D eigenvalue weighted by molar-refractivity contribution is 1.36. The lowest BCUT2D eigenvalue weighted by Gasteiger charge is -2.30. The molecular formula is C23H28PSi+. The van der Waals surface area contributed by atoms with E-state index in [0.29, 0.717) is 0 Å². The summed E-state index contributed by atoms with van der Waals surface area (Å²) in [5.41, 5.74) is 0. The van der Waals surface area contributed by atoms with Crippen molar-refractivity contribution in [3.05, 3.63) is 91.0 Å². The summed E-state index contributed by atoms with van der Waals surface area (Å²) in [6, 6.07) is 35.0. The van der Waals surface area contributed by atoms with Gasteiger partial charge in [0.1, 0.15) is 23.2 Å². The van der Waals surface area contributed by atoms with E-state index in [1.807, 2.05) is 0 Å². The summed E-state index contributed by atoms with van der Waals surface area (Å²) in [6.45, 7) is 7.47. The van der Waals surface area contributed by atoms with Crippen molar-refractivity contribution in [2.45, 2.75) is 25.7 Å². The van der Waals surface area contributed by atoms with E-state index in [9.17, 15) is 0 Å². The molecule has 0 amide bonds. The molecule has 0 heterocycles. The van der Waals surface area contributed by atoms with Crippen LogP contribution in [0.25, 0.3) is 0 Å². The third-order valence-electron chi connectivity index (χ3n) is 4.79. The Morgan fingerprint density at radius 3 is 1.16 bits per heavy atom. The molecule has 0 spiro atoms. The minimum atomic E-state index is -1.61. The van der Waals surface area contributed by atoms with Crippen LogP contribution < -0.4 is 15.9 Å². The smallest absolute Gasteiger partial charge is 0.0694 e. The van der Waals surface area contributed by atoms with Gasteiger partial charge in [-0.1, -0.05) is 74.2 Å². The monoisotopic (exact) mass is 363 g/mol. The van der Waals surface area contributed by atoms with Gasteiger partial charge in [-0.25, -0.2) is 0 Å². The van der Waals surface area contributed by atoms with Crippen LogP contribution in [-0.2, 0) is 0 Å². The molecule has 0 nitrogen and oxygen atoms in total. The molecule has 3 rings (SSSR count). The van der Waals surface area contributed by atoms with Gasteiger partial charge in [0.05, 0.1) is 6.16 Å². The topological polar surface area (TPSA) is 0 Å². The van der Waals surface area contributed by atoms with Gasteiger partial charge in [0, 0.05) is 8.07 Å². The predicted molar refractivity (Wildman–Crippen MR) is 118 cm³/mol. The van der Waals surface area contributed by atoms with E-state index < -0.39 is 15.3 Å². The Hall–Kier alpha value is -1.69. The van der Waals surface area contributed by atoms with E-state index in [4.69, 9.17) is 0 Å². The van der Waals surface area contributed by atoms with E-state index in [2.05, 4.69) is 111 Å². The van der Waals surface area contributed by atoms with Crippen molar-refractivity contribution < 1.29 is 0 Å². The first-order chi connectivity index (χ1) is 12.0. The molecule has 0 aliphatic rings. The molecule has 0 saturated carbocycles. The molecule has 25 heavy (non-hydrogen) atoms. The number of benzene rings is 3. The molecule has 0 radical (unpaired) electrons. The highest BCUT2D eigenvalue weighted by Gasteiger charge is 2.45. The molecule has 0 saturated heterocycles. The maximum atomic E-state index is 2.49. The van der Waals surface area contributed by atoms with Gasteiger partial charge >= 0.3 is 0 Å². The zero-order valence-corrected chi connectivity index (χ0v) is 17.4. The largest absolute Gasteiger partial charge is 0.111 e. The van der Waals surface area contributed by atoms with Gasteiger partial charge in [0.15, 0.2) is 0 Å². The van der Waals surface area contributed by atoms with Crippen LogP contribution in [0.5, 0.6) is 0 Å². The first-order valence-corrected chi connectivity index (χ1v) is 14.8. The maximum absolute atomic E-state index is 2.49. The Kier molecular flexibility index (Phi) is 5.56. The Balaban J connectivity index is 2.24. The maximum Gasteiger partial charge on any atom is 0.111 e.